The molecule has 0 bridgehead atoms. The van der Waals surface area contributed by atoms with Gasteiger partial charge in [0.05, 0.1) is 30.7 Å². The highest BCUT2D eigenvalue weighted by Gasteiger charge is 2.21. The third-order valence-corrected chi connectivity index (χ3v) is 8.11. The first kappa shape index (κ1) is 33.3. The van der Waals surface area contributed by atoms with Crippen LogP contribution in [0.3, 0.4) is 0 Å². The third kappa shape index (κ3) is 8.76. The molecule has 0 heterocycles. The van der Waals surface area contributed by atoms with Crippen LogP contribution < -0.4 is 31.2 Å². The zero-order chi connectivity index (χ0) is 33.1. The number of nitrogens with one attached hydrogen (secondary N) is 3. The number of nitrogens with two attached hydrogens (primary N) is 1. The molecule has 4 aromatic rings. The van der Waals surface area contributed by atoms with E-state index in [0.717, 1.165) is 4.90 Å². The second-order valence-electron chi connectivity index (χ2n) is 9.88. The van der Waals surface area contributed by atoms with Crippen LogP contribution in [0.5, 0.6) is 11.5 Å². The lowest BCUT2D eigenvalue weighted by Crippen LogP contribution is -2.30. The molecule has 1 atom stereocenters. The maximum absolute atomic E-state index is 13.7. The van der Waals surface area contributed by atoms with Crippen molar-refractivity contribution in [2.24, 2.45) is 5.73 Å². The first-order valence-corrected chi connectivity index (χ1v) is 15.2. The number of hydrogen-bond acceptors (Lipinski definition) is 7. The van der Waals surface area contributed by atoms with Gasteiger partial charge in [-0.05, 0) is 73.2 Å². The number of amides is 4. The molecule has 4 amide bonds. The van der Waals surface area contributed by atoms with E-state index in [2.05, 4.69) is 16.0 Å². The number of ether oxygens (including phenoxy) is 2. The Bertz CT molecular complexity index is 1760. The monoisotopic (exact) mass is 638 g/mol. The molecule has 0 aliphatic heterocycles. The van der Waals surface area contributed by atoms with Crippen LogP contribution >= 0.6 is 11.8 Å². The molecule has 11 heteroatoms. The molecule has 46 heavy (non-hydrogen) atoms. The minimum atomic E-state index is -0.640. The summed E-state index contributed by atoms with van der Waals surface area (Å²) in [5, 5.41) is 7.86. The Morgan fingerprint density at radius 2 is 1.59 bits per heavy atom. The van der Waals surface area contributed by atoms with Crippen LogP contribution in [0.25, 0.3) is 6.08 Å². The maximum atomic E-state index is 13.7. The van der Waals surface area contributed by atoms with Gasteiger partial charge in [-0.1, -0.05) is 43.3 Å². The normalized spacial score (nSPS) is 11.6. The van der Waals surface area contributed by atoms with E-state index in [0.29, 0.717) is 40.4 Å². The molecule has 1 unspecified atom stereocenters. The van der Waals surface area contributed by atoms with Crippen LogP contribution in [0.2, 0.25) is 0 Å². The first-order valence-electron chi connectivity index (χ1n) is 14.3. The number of methoxy groups -OCH3 is 2. The van der Waals surface area contributed by atoms with E-state index in [4.69, 9.17) is 15.2 Å². The van der Waals surface area contributed by atoms with Gasteiger partial charge in [0.25, 0.3) is 17.7 Å². The second-order valence-corrected chi connectivity index (χ2v) is 11.2. The van der Waals surface area contributed by atoms with Crippen molar-refractivity contribution in [2.75, 3.05) is 24.9 Å². The van der Waals surface area contributed by atoms with Crippen molar-refractivity contribution >= 4 is 52.8 Å². The summed E-state index contributed by atoms with van der Waals surface area (Å²) in [5.41, 5.74) is 7.32. The zero-order valence-electron chi connectivity index (χ0n) is 25.5. The van der Waals surface area contributed by atoms with Gasteiger partial charge in [0, 0.05) is 21.7 Å². The molecule has 236 valence electrons. The SMILES string of the molecule is CCC(Sc1cccc(NC(=O)/C(=C\c2cc(OC)ccc2OC)NC(=O)c2ccccc2)c1)C(=O)Nc1ccccc1C(N)=O. The Morgan fingerprint density at radius 3 is 2.28 bits per heavy atom. The molecule has 0 spiro atoms. The van der Waals surface area contributed by atoms with Gasteiger partial charge in [-0.25, -0.2) is 0 Å². The molecule has 0 aliphatic carbocycles. The molecule has 0 radical (unpaired) electrons. The van der Waals surface area contributed by atoms with Crippen LogP contribution in [-0.2, 0) is 9.59 Å². The molecular weight excluding hydrogens is 604 g/mol. The average Bonchev–Trinajstić information content (AvgIpc) is 3.07. The van der Waals surface area contributed by atoms with E-state index in [-0.39, 0.29) is 17.2 Å². The topological polar surface area (TPSA) is 149 Å². The lowest BCUT2D eigenvalue weighted by Gasteiger charge is -2.17. The third-order valence-electron chi connectivity index (χ3n) is 6.75. The van der Waals surface area contributed by atoms with Gasteiger partial charge >= 0.3 is 0 Å². The summed E-state index contributed by atoms with van der Waals surface area (Å²) in [6.45, 7) is 1.88. The number of benzene rings is 4. The van der Waals surface area contributed by atoms with E-state index in [1.807, 2.05) is 13.0 Å². The Balaban J connectivity index is 1.56. The molecule has 0 saturated heterocycles. The molecule has 0 aromatic heterocycles. The largest absolute Gasteiger partial charge is 0.497 e. The number of carbonyl (C=O) groups is 4. The van der Waals surface area contributed by atoms with Crippen molar-refractivity contribution in [1.29, 1.82) is 0 Å². The molecular formula is C35H34N4O6S. The number of carbonyl (C=O) groups excluding carboxylic acids is 4. The molecule has 0 fully saturated rings. The van der Waals surface area contributed by atoms with Crippen molar-refractivity contribution in [2.45, 2.75) is 23.5 Å². The predicted molar refractivity (Wildman–Crippen MR) is 180 cm³/mol. The molecule has 4 aromatic carbocycles. The van der Waals surface area contributed by atoms with Crippen LogP contribution in [0.1, 0.15) is 39.6 Å². The van der Waals surface area contributed by atoms with E-state index in [1.165, 1.54) is 32.1 Å². The minimum absolute atomic E-state index is 0.0302. The Kier molecular flexibility index (Phi) is 11.6. The van der Waals surface area contributed by atoms with Gasteiger partial charge in [0.15, 0.2) is 0 Å². The number of para-hydroxylation sites is 1. The molecule has 5 N–H and O–H groups in total. The number of anilines is 2. The average molecular weight is 639 g/mol. The predicted octanol–water partition coefficient (Wildman–Crippen LogP) is 5.72. The summed E-state index contributed by atoms with van der Waals surface area (Å²) in [4.78, 5) is 52.4. The summed E-state index contributed by atoms with van der Waals surface area (Å²) in [7, 11) is 3.03. The van der Waals surface area contributed by atoms with Gasteiger partial charge in [-0.2, -0.15) is 0 Å². The smallest absolute Gasteiger partial charge is 0.272 e. The highest BCUT2D eigenvalue weighted by molar-refractivity contribution is 8.00. The van der Waals surface area contributed by atoms with Crippen LogP contribution in [0.15, 0.2) is 108 Å². The van der Waals surface area contributed by atoms with Crippen molar-refractivity contribution in [1.82, 2.24) is 5.32 Å². The number of hydrogen-bond donors (Lipinski definition) is 4. The standard InChI is InChI=1S/C35H34N4O6S/c1-4-31(35(43)38-28-16-9-8-15-27(28)32(36)40)46-26-14-10-13-24(21-26)37-34(42)29(39-33(41)22-11-6-5-7-12-22)20-23-19-25(44-2)17-18-30(23)45-3/h5-21,31H,4H2,1-3H3,(H2,36,40)(H,37,42)(H,38,43)(H,39,41)/b29-20+. The van der Waals surface area contributed by atoms with Crippen molar-refractivity contribution in [3.63, 3.8) is 0 Å². The zero-order valence-corrected chi connectivity index (χ0v) is 26.4. The van der Waals surface area contributed by atoms with Gasteiger partial charge in [-0.3, -0.25) is 19.2 Å². The van der Waals surface area contributed by atoms with Crippen molar-refractivity contribution in [3.05, 3.63) is 119 Å². The Morgan fingerprint density at radius 1 is 0.848 bits per heavy atom. The highest BCUT2D eigenvalue weighted by atomic mass is 32.2. The van der Waals surface area contributed by atoms with Crippen LogP contribution in [0, 0.1) is 0 Å². The van der Waals surface area contributed by atoms with Crippen LogP contribution in [-0.4, -0.2) is 43.1 Å². The molecule has 10 nitrogen and oxygen atoms in total. The molecule has 0 aliphatic rings. The van der Waals surface area contributed by atoms with E-state index >= 15 is 0 Å². The lowest BCUT2D eigenvalue weighted by molar-refractivity contribution is -0.116. The Labute approximate surface area is 271 Å². The van der Waals surface area contributed by atoms with E-state index in [1.54, 1.807) is 91.0 Å². The maximum Gasteiger partial charge on any atom is 0.272 e. The number of rotatable bonds is 13. The summed E-state index contributed by atoms with van der Waals surface area (Å²) in [6, 6.07) is 27.2. The van der Waals surface area contributed by atoms with Gasteiger partial charge in [-0.15, -0.1) is 11.8 Å². The van der Waals surface area contributed by atoms with E-state index < -0.39 is 23.0 Å². The van der Waals surface area contributed by atoms with Crippen molar-refractivity contribution in [3.8, 4) is 11.5 Å². The lowest BCUT2D eigenvalue weighted by atomic mass is 10.1. The quantitative estimate of drug-likeness (QED) is 0.108. The molecule has 0 saturated carbocycles. The van der Waals surface area contributed by atoms with E-state index in [9.17, 15) is 19.2 Å². The number of primary amides is 1. The summed E-state index contributed by atoms with van der Waals surface area (Å²) in [6.07, 6.45) is 2.00. The van der Waals surface area contributed by atoms with Crippen molar-refractivity contribution < 1.29 is 28.7 Å². The summed E-state index contributed by atoms with van der Waals surface area (Å²) < 4.78 is 10.8. The van der Waals surface area contributed by atoms with Gasteiger partial charge in [0.2, 0.25) is 5.91 Å². The number of thioether (sulfide) groups is 1. The minimum Gasteiger partial charge on any atom is -0.497 e. The summed E-state index contributed by atoms with van der Waals surface area (Å²) >= 11 is 1.31. The van der Waals surface area contributed by atoms with Gasteiger partial charge in [0.1, 0.15) is 17.2 Å². The Hall–Kier alpha value is -5.55. The van der Waals surface area contributed by atoms with Gasteiger partial charge < -0.3 is 31.2 Å². The second kappa shape index (κ2) is 16.0. The fraction of sp³-hybridized carbons (Fsp3) is 0.143. The highest BCUT2D eigenvalue weighted by Crippen LogP contribution is 2.30. The first-order chi connectivity index (χ1) is 22.2. The fourth-order valence-electron chi connectivity index (χ4n) is 4.40. The molecule has 4 rings (SSSR count). The fourth-order valence-corrected chi connectivity index (χ4v) is 5.42. The van der Waals surface area contributed by atoms with Crippen LogP contribution in [0.4, 0.5) is 11.4 Å². The summed E-state index contributed by atoms with van der Waals surface area (Å²) in [5.74, 6) is -0.971.